The monoisotopic (exact) mass is 340 g/mol. The zero-order chi connectivity index (χ0) is 17.4. The lowest BCUT2D eigenvalue weighted by Crippen LogP contribution is -2.55. The maximum absolute atomic E-state index is 6.07. The summed E-state index contributed by atoms with van der Waals surface area (Å²) in [5.74, 6) is 2.57. The fraction of sp³-hybridized carbons (Fsp3) is 0.571. The normalized spacial score (nSPS) is 29.7. The largest absolute Gasteiger partial charge is 0.497 e. The van der Waals surface area contributed by atoms with E-state index in [1.807, 2.05) is 25.4 Å². The van der Waals surface area contributed by atoms with E-state index < -0.39 is 0 Å². The van der Waals surface area contributed by atoms with Crippen LogP contribution in [0.2, 0.25) is 0 Å². The Labute approximate surface area is 150 Å². The van der Waals surface area contributed by atoms with Gasteiger partial charge in [-0.2, -0.15) is 0 Å². The lowest BCUT2D eigenvalue weighted by Gasteiger charge is -2.52. The highest BCUT2D eigenvalue weighted by Gasteiger charge is 2.43. The lowest BCUT2D eigenvalue weighted by atomic mass is 9.72. The minimum Gasteiger partial charge on any atom is -0.497 e. The number of rotatable bonds is 5. The molecular weight excluding hydrogens is 312 g/mol. The van der Waals surface area contributed by atoms with Crippen LogP contribution in [0.5, 0.6) is 5.75 Å². The van der Waals surface area contributed by atoms with Crippen LogP contribution in [0.25, 0.3) is 10.9 Å². The molecule has 0 saturated carbocycles. The van der Waals surface area contributed by atoms with Gasteiger partial charge in [0.25, 0.3) is 0 Å². The van der Waals surface area contributed by atoms with Crippen molar-refractivity contribution in [2.24, 2.45) is 11.8 Å². The van der Waals surface area contributed by atoms with Gasteiger partial charge in [-0.25, -0.2) is 0 Å². The Balaban J connectivity index is 1.71. The summed E-state index contributed by atoms with van der Waals surface area (Å²) in [6.45, 7) is 4.76. The number of pyridine rings is 1. The Morgan fingerprint density at radius 2 is 2.16 bits per heavy atom. The maximum atomic E-state index is 6.07. The fourth-order valence-corrected chi connectivity index (χ4v) is 4.97. The number of nitrogens with zero attached hydrogens (tertiary/aromatic N) is 2. The third-order valence-corrected chi connectivity index (χ3v) is 6.35. The predicted octanol–water partition coefficient (Wildman–Crippen LogP) is 4.05. The van der Waals surface area contributed by atoms with Crippen LogP contribution in [0.3, 0.4) is 0 Å². The zero-order valence-corrected chi connectivity index (χ0v) is 15.4. The van der Waals surface area contributed by atoms with Crippen molar-refractivity contribution in [3.8, 4) is 5.75 Å². The summed E-state index contributed by atoms with van der Waals surface area (Å²) < 4.78 is 11.5. The molecule has 4 heteroatoms. The summed E-state index contributed by atoms with van der Waals surface area (Å²) in [7, 11) is 3.56. The van der Waals surface area contributed by atoms with Crippen LogP contribution >= 0.6 is 0 Å². The number of fused-ring (bicyclic) bond motifs is 4. The maximum Gasteiger partial charge on any atom is 0.119 e. The van der Waals surface area contributed by atoms with Gasteiger partial charge in [-0.05, 0) is 61.1 Å². The van der Waals surface area contributed by atoms with Gasteiger partial charge in [0.1, 0.15) is 5.75 Å². The lowest BCUT2D eigenvalue weighted by molar-refractivity contribution is -0.0698. The minimum absolute atomic E-state index is 0.0817. The molecule has 25 heavy (non-hydrogen) atoms. The van der Waals surface area contributed by atoms with Crippen LogP contribution in [0.4, 0.5) is 0 Å². The Morgan fingerprint density at radius 1 is 1.28 bits per heavy atom. The summed E-state index contributed by atoms with van der Waals surface area (Å²) in [6.07, 6.45) is 5.86. The number of hydrogen-bond acceptors (Lipinski definition) is 4. The van der Waals surface area contributed by atoms with Gasteiger partial charge in [0.2, 0.25) is 0 Å². The predicted molar refractivity (Wildman–Crippen MR) is 99.9 cm³/mol. The number of aromatic nitrogens is 1. The van der Waals surface area contributed by atoms with Crippen LogP contribution in [0.1, 0.15) is 37.9 Å². The summed E-state index contributed by atoms with van der Waals surface area (Å²) >= 11 is 0. The van der Waals surface area contributed by atoms with Crippen molar-refractivity contribution in [1.29, 1.82) is 0 Å². The molecule has 2 bridgehead atoms. The number of benzene rings is 1. The van der Waals surface area contributed by atoms with Gasteiger partial charge in [0.05, 0.1) is 18.7 Å². The number of piperidine rings is 3. The SMILES string of the molecule is CCC1CN2CCC1C[C@H]2[C@H](OC)c1ccnc2ccc(OC)cc12. The molecule has 2 aromatic rings. The van der Waals surface area contributed by atoms with Crippen LogP contribution in [0, 0.1) is 11.8 Å². The first-order valence-corrected chi connectivity index (χ1v) is 9.44. The molecule has 4 heterocycles. The van der Waals surface area contributed by atoms with Crippen molar-refractivity contribution >= 4 is 10.9 Å². The van der Waals surface area contributed by atoms with Crippen molar-refractivity contribution in [2.45, 2.75) is 38.3 Å². The van der Waals surface area contributed by atoms with Crippen LogP contribution in [0.15, 0.2) is 30.5 Å². The van der Waals surface area contributed by atoms with Gasteiger partial charge < -0.3 is 9.47 Å². The molecule has 0 aliphatic carbocycles. The average molecular weight is 340 g/mol. The average Bonchev–Trinajstić information content (AvgIpc) is 2.68. The first-order valence-electron chi connectivity index (χ1n) is 9.44. The molecule has 4 nitrogen and oxygen atoms in total. The Hall–Kier alpha value is -1.65. The van der Waals surface area contributed by atoms with E-state index in [9.17, 15) is 0 Å². The van der Waals surface area contributed by atoms with E-state index in [0.717, 1.165) is 28.5 Å². The second kappa shape index (κ2) is 6.93. The molecule has 5 atom stereocenters. The van der Waals surface area contributed by atoms with Crippen molar-refractivity contribution in [1.82, 2.24) is 9.88 Å². The molecule has 3 aliphatic heterocycles. The molecule has 0 N–H and O–H groups in total. The van der Waals surface area contributed by atoms with Gasteiger partial charge in [-0.1, -0.05) is 13.3 Å². The summed E-state index contributed by atoms with van der Waals surface area (Å²) in [4.78, 5) is 7.19. The summed E-state index contributed by atoms with van der Waals surface area (Å²) in [6, 6.07) is 8.68. The number of hydrogen-bond donors (Lipinski definition) is 0. The quantitative estimate of drug-likeness (QED) is 0.822. The van der Waals surface area contributed by atoms with Gasteiger partial charge in [0.15, 0.2) is 0 Å². The van der Waals surface area contributed by atoms with Crippen molar-refractivity contribution in [3.63, 3.8) is 0 Å². The van der Waals surface area contributed by atoms with E-state index in [-0.39, 0.29) is 6.10 Å². The molecule has 1 aromatic heterocycles. The van der Waals surface area contributed by atoms with Crippen LogP contribution in [-0.4, -0.2) is 43.2 Å². The van der Waals surface area contributed by atoms with E-state index in [0.29, 0.717) is 6.04 Å². The molecule has 0 radical (unpaired) electrons. The molecule has 3 fully saturated rings. The molecule has 0 amide bonds. The molecule has 3 aliphatic rings. The van der Waals surface area contributed by atoms with E-state index >= 15 is 0 Å². The number of ether oxygens (including phenoxy) is 2. The third-order valence-electron chi connectivity index (χ3n) is 6.35. The molecule has 0 spiro atoms. The molecule has 5 rings (SSSR count). The molecule has 134 valence electrons. The Bertz CT molecular complexity index is 748. The van der Waals surface area contributed by atoms with Crippen LogP contribution < -0.4 is 4.74 Å². The van der Waals surface area contributed by atoms with Gasteiger partial charge in [-0.15, -0.1) is 0 Å². The highest BCUT2D eigenvalue weighted by atomic mass is 16.5. The second-order valence-electron chi connectivity index (χ2n) is 7.45. The highest BCUT2D eigenvalue weighted by molar-refractivity contribution is 5.84. The summed E-state index contributed by atoms with van der Waals surface area (Å²) in [5.41, 5.74) is 2.24. The molecule has 3 unspecified atom stereocenters. The Morgan fingerprint density at radius 3 is 2.84 bits per heavy atom. The first kappa shape index (κ1) is 16.8. The highest BCUT2D eigenvalue weighted by Crippen LogP contribution is 2.43. The van der Waals surface area contributed by atoms with E-state index in [4.69, 9.17) is 9.47 Å². The van der Waals surface area contributed by atoms with Gasteiger partial charge >= 0.3 is 0 Å². The van der Waals surface area contributed by atoms with Crippen LogP contribution in [-0.2, 0) is 4.74 Å². The number of methoxy groups -OCH3 is 2. The molecule has 1 aromatic carbocycles. The standard InChI is InChI=1S/C21H28N2O2/c1-4-14-13-23-10-8-15(14)11-20(23)21(25-3)17-7-9-22-19-6-5-16(24-2)12-18(17)19/h5-7,9,12,14-15,20-21H,4,8,10-11,13H2,1-3H3/t14?,15?,20-,21+/m0/s1. The van der Waals surface area contributed by atoms with Gasteiger partial charge in [0, 0.05) is 31.3 Å². The Kier molecular flexibility index (Phi) is 4.65. The fourth-order valence-electron chi connectivity index (χ4n) is 4.97. The molecule has 3 saturated heterocycles. The third kappa shape index (κ3) is 2.91. The van der Waals surface area contributed by atoms with Crippen molar-refractivity contribution < 1.29 is 9.47 Å². The minimum atomic E-state index is 0.0817. The van der Waals surface area contributed by atoms with E-state index in [1.54, 1.807) is 7.11 Å². The first-order chi connectivity index (χ1) is 12.2. The topological polar surface area (TPSA) is 34.6 Å². The van der Waals surface area contributed by atoms with E-state index in [2.05, 4.69) is 28.9 Å². The van der Waals surface area contributed by atoms with Crippen molar-refractivity contribution in [3.05, 3.63) is 36.0 Å². The summed E-state index contributed by atoms with van der Waals surface area (Å²) in [5, 5.41) is 1.14. The smallest absolute Gasteiger partial charge is 0.119 e. The molecular formula is C21H28N2O2. The zero-order valence-electron chi connectivity index (χ0n) is 15.4. The second-order valence-corrected chi connectivity index (χ2v) is 7.45. The van der Waals surface area contributed by atoms with Crippen molar-refractivity contribution in [2.75, 3.05) is 27.3 Å². The van der Waals surface area contributed by atoms with Gasteiger partial charge in [-0.3, -0.25) is 9.88 Å². The van der Waals surface area contributed by atoms with E-state index in [1.165, 1.54) is 37.9 Å².